The number of amides is 1. The standard InChI is InChI=1S/C15H24N2O2S/c1-11-9-13(12(2)20-11)14(18)17-7-5-16(6-8-17)10-15(3,4)19/h9,19H,5-8,10H2,1-4H3. The van der Waals surface area contributed by atoms with E-state index in [1.165, 1.54) is 4.88 Å². The van der Waals surface area contributed by atoms with Crippen LogP contribution in [0.4, 0.5) is 0 Å². The first-order valence-electron chi connectivity index (χ1n) is 7.07. The van der Waals surface area contributed by atoms with Crippen molar-refractivity contribution < 1.29 is 9.90 Å². The maximum atomic E-state index is 12.5. The number of rotatable bonds is 3. The first-order chi connectivity index (χ1) is 9.26. The number of carbonyl (C=O) groups is 1. The number of hydrogen-bond donors (Lipinski definition) is 1. The van der Waals surface area contributed by atoms with Crippen molar-refractivity contribution in [2.75, 3.05) is 32.7 Å². The van der Waals surface area contributed by atoms with Crippen molar-refractivity contribution in [3.05, 3.63) is 21.4 Å². The molecular formula is C15H24N2O2S. The van der Waals surface area contributed by atoms with Crippen LogP contribution >= 0.6 is 11.3 Å². The molecule has 20 heavy (non-hydrogen) atoms. The molecule has 1 N–H and O–H groups in total. The van der Waals surface area contributed by atoms with Crippen LogP contribution < -0.4 is 0 Å². The summed E-state index contributed by atoms with van der Waals surface area (Å²) in [7, 11) is 0. The Morgan fingerprint density at radius 2 is 1.90 bits per heavy atom. The van der Waals surface area contributed by atoms with E-state index in [-0.39, 0.29) is 5.91 Å². The highest BCUT2D eigenvalue weighted by Gasteiger charge is 2.26. The molecule has 0 atom stereocenters. The molecule has 0 bridgehead atoms. The maximum Gasteiger partial charge on any atom is 0.255 e. The van der Waals surface area contributed by atoms with Crippen molar-refractivity contribution >= 4 is 17.2 Å². The Balaban J connectivity index is 1.94. The number of nitrogens with zero attached hydrogens (tertiary/aromatic N) is 2. The molecule has 1 aliphatic heterocycles. The van der Waals surface area contributed by atoms with E-state index in [4.69, 9.17) is 0 Å². The van der Waals surface area contributed by atoms with Gasteiger partial charge in [-0.05, 0) is 33.8 Å². The van der Waals surface area contributed by atoms with Gasteiger partial charge in [-0.15, -0.1) is 11.3 Å². The van der Waals surface area contributed by atoms with Gasteiger partial charge in [0.05, 0.1) is 11.2 Å². The summed E-state index contributed by atoms with van der Waals surface area (Å²) in [6.45, 7) is 11.5. The Bertz CT molecular complexity index is 483. The van der Waals surface area contributed by atoms with E-state index >= 15 is 0 Å². The van der Waals surface area contributed by atoms with Crippen LogP contribution in [0.3, 0.4) is 0 Å². The zero-order valence-corrected chi connectivity index (χ0v) is 13.6. The second-order valence-electron chi connectivity index (χ2n) is 6.21. The molecule has 1 aromatic heterocycles. The molecule has 1 amide bonds. The van der Waals surface area contributed by atoms with E-state index in [9.17, 15) is 9.90 Å². The van der Waals surface area contributed by atoms with Crippen molar-refractivity contribution in [3.8, 4) is 0 Å². The summed E-state index contributed by atoms with van der Waals surface area (Å²) in [6, 6.07) is 1.99. The normalized spacial score (nSPS) is 17.6. The lowest BCUT2D eigenvalue weighted by Gasteiger charge is -2.37. The van der Waals surface area contributed by atoms with Gasteiger partial charge in [-0.2, -0.15) is 0 Å². The zero-order chi connectivity index (χ0) is 14.9. The first kappa shape index (κ1) is 15.5. The molecule has 0 spiro atoms. The number of thiophene rings is 1. The van der Waals surface area contributed by atoms with Crippen molar-refractivity contribution in [3.63, 3.8) is 0 Å². The highest BCUT2D eigenvalue weighted by atomic mass is 32.1. The predicted octanol–water partition coefficient (Wildman–Crippen LogP) is 1.89. The first-order valence-corrected chi connectivity index (χ1v) is 7.89. The number of carbonyl (C=O) groups excluding carboxylic acids is 1. The predicted molar refractivity (Wildman–Crippen MR) is 82.4 cm³/mol. The Kier molecular flexibility index (Phi) is 4.52. The van der Waals surface area contributed by atoms with E-state index in [1.54, 1.807) is 11.3 Å². The third-order valence-electron chi connectivity index (χ3n) is 3.54. The molecule has 0 aliphatic carbocycles. The van der Waals surface area contributed by atoms with E-state index in [0.717, 1.165) is 36.6 Å². The molecule has 4 nitrogen and oxygen atoms in total. The molecule has 0 unspecified atom stereocenters. The minimum Gasteiger partial charge on any atom is -0.389 e. The summed E-state index contributed by atoms with van der Waals surface area (Å²) >= 11 is 1.68. The van der Waals surface area contributed by atoms with Crippen LogP contribution in [0.2, 0.25) is 0 Å². The zero-order valence-electron chi connectivity index (χ0n) is 12.8. The van der Waals surface area contributed by atoms with E-state index in [2.05, 4.69) is 4.90 Å². The molecular weight excluding hydrogens is 272 g/mol. The molecule has 0 radical (unpaired) electrons. The van der Waals surface area contributed by atoms with Crippen molar-refractivity contribution in [2.24, 2.45) is 0 Å². The smallest absolute Gasteiger partial charge is 0.255 e. The Morgan fingerprint density at radius 1 is 1.30 bits per heavy atom. The van der Waals surface area contributed by atoms with Gasteiger partial charge in [0.15, 0.2) is 0 Å². The number of piperazine rings is 1. The van der Waals surface area contributed by atoms with Gasteiger partial charge in [-0.25, -0.2) is 0 Å². The quantitative estimate of drug-likeness (QED) is 0.926. The molecule has 1 fully saturated rings. The minimum atomic E-state index is -0.673. The van der Waals surface area contributed by atoms with Gasteiger partial charge in [0.2, 0.25) is 0 Å². The molecule has 0 aromatic carbocycles. The Labute approximate surface area is 125 Å². The Hall–Kier alpha value is -0.910. The van der Waals surface area contributed by atoms with Gasteiger partial charge in [0.1, 0.15) is 0 Å². The summed E-state index contributed by atoms with van der Waals surface area (Å²) in [6.07, 6.45) is 0. The average Bonchev–Trinajstić information content (AvgIpc) is 2.66. The van der Waals surface area contributed by atoms with Crippen LogP contribution in [-0.2, 0) is 0 Å². The number of hydrogen-bond acceptors (Lipinski definition) is 4. The molecule has 112 valence electrons. The van der Waals surface area contributed by atoms with Crippen molar-refractivity contribution in [1.29, 1.82) is 0 Å². The van der Waals surface area contributed by atoms with E-state index in [1.807, 2.05) is 38.7 Å². The van der Waals surface area contributed by atoms with Crippen LogP contribution in [0.25, 0.3) is 0 Å². The molecule has 1 aromatic rings. The number of aliphatic hydroxyl groups is 1. The fourth-order valence-corrected chi connectivity index (χ4v) is 3.59. The van der Waals surface area contributed by atoms with Crippen molar-refractivity contribution in [1.82, 2.24) is 9.80 Å². The van der Waals surface area contributed by atoms with Gasteiger partial charge in [0.25, 0.3) is 5.91 Å². The van der Waals surface area contributed by atoms with E-state index in [0.29, 0.717) is 6.54 Å². The lowest BCUT2D eigenvalue weighted by Crippen LogP contribution is -2.52. The summed E-state index contributed by atoms with van der Waals surface area (Å²) in [5, 5.41) is 9.84. The molecule has 1 saturated heterocycles. The van der Waals surface area contributed by atoms with E-state index < -0.39 is 5.60 Å². The van der Waals surface area contributed by atoms with Crippen LogP contribution in [0.15, 0.2) is 6.07 Å². The number of β-amino-alcohol motifs (C(OH)–C–C–N with tert-alkyl or cyclic N) is 1. The topological polar surface area (TPSA) is 43.8 Å². The third kappa shape index (κ3) is 3.81. The summed E-state index contributed by atoms with van der Waals surface area (Å²) < 4.78 is 0. The van der Waals surface area contributed by atoms with Crippen LogP contribution in [0.1, 0.15) is 34.0 Å². The third-order valence-corrected chi connectivity index (χ3v) is 4.51. The van der Waals surface area contributed by atoms with Crippen LogP contribution in [-0.4, -0.2) is 59.1 Å². The summed E-state index contributed by atoms with van der Waals surface area (Å²) in [5.74, 6) is 0.148. The van der Waals surface area contributed by atoms with Crippen LogP contribution in [0.5, 0.6) is 0 Å². The van der Waals surface area contributed by atoms with Gasteiger partial charge in [-0.3, -0.25) is 9.69 Å². The van der Waals surface area contributed by atoms with Gasteiger partial charge in [0, 0.05) is 42.5 Å². The lowest BCUT2D eigenvalue weighted by atomic mass is 10.1. The fraction of sp³-hybridized carbons (Fsp3) is 0.667. The molecule has 1 aliphatic rings. The van der Waals surface area contributed by atoms with Crippen LogP contribution in [0, 0.1) is 13.8 Å². The summed E-state index contributed by atoms with van der Waals surface area (Å²) in [4.78, 5) is 18.9. The van der Waals surface area contributed by atoms with Crippen molar-refractivity contribution in [2.45, 2.75) is 33.3 Å². The number of aryl methyl sites for hydroxylation is 2. The monoisotopic (exact) mass is 296 g/mol. The molecule has 2 rings (SSSR count). The summed E-state index contributed by atoms with van der Waals surface area (Å²) in [5.41, 5.74) is 0.177. The molecule has 5 heteroatoms. The van der Waals surface area contributed by atoms with Gasteiger partial charge < -0.3 is 10.0 Å². The fourth-order valence-electron chi connectivity index (χ4n) is 2.67. The average molecular weight is 296 g/mol. The highest BCUT2D eigenvalue weighted by Crippen LogP contribution is 2.22. The Morgan fingerprint density at radius 3 is 2.35 bits per heavy atom. The van der Waals surface area contributed by atoms with Gasteiger partial charge in [-0.1, -0.05) is 0 Å². The minimum absolute atomic E-state index is 0.148. The largest absolute Gasteiger partial charge is 0.389 e. The second kappa shape index (κ2) is 5.84. The van der Waals surface area contributed by atoms with Gasteiger partial charge >= 0.3 is 0 Å². The highest BCUT2D eigenvalue weighted by molar-refractivity contribution is 7.12. The lowest BCUT2D eigenvalue weighted by molar-refractivity contribution is 0.0178. The SMILES string of the molecule is Cc1cc(C(=O)N2CCN(CC(C)(C)O)CC2)c(C)s1. The molecule has 2 heterocycles. The maximum absolute atomic E-state index is 12.5. The molecule has 0 saturated carbocycles. The second-order valence-corrected chi connectivity index (χ2v) is 7.67.